The van der Waals surface area contributed by atoms with E-state index in [2.05, 4.69) is 29.5 Å². The van der Waals surface area contributed by atoms with Crippen LogP contribution in [0.4, 0.5) is 0 Å². The van der Waals surface area contributed by atoms with Gasteiger partial charge in [0.2, 0.25) is 0 Å². The van der Waals surface area contributed by atoms with Gasteiger partial charge in [-0.3, -0.25) is 9.48 Å². The Kier molecular flexibility index (Phi) is 3.74. The molecule has 20 heavy (non-hydrogen) atoms. The molecule has 2 heterocycles. The maximum Gasteiger partial charge on any atom is 0.146 e. The van der Waals surface area contributed by atoms with Crippen molar-refractivity contribution in [2.45, 2.75) is 44.9 Å². The number of Topliss-reactive ketones (excluding diaryl/α,β-unsaturated/α-hetero) is 1. The smallest absolute Gasteiger partial charge is 0.146 e. The number of carbonyl (C=O) groups excluding carboxylic acids is 1. The van der Waals surface area contributed by atoms with Crippen molar-refractivity contribution in [3.8, 4) is 0 Å². The fourth-order valence-electron chi connectivity index (χ4n) is 3.03. The largest absolute Gasteiger partial charge is 0.299 e. The molecule has 0 radical (unpaired) electrons. The van der Waals surface area contributed by atoms with E-state index in [9.17, 15) is 4.79 Å². The highest BCUT2D eigenvalue weighted by Crippen LogP contribution is 2.36. The number of carbonyl (C=O) groups is 1. The summed E-state index contributed by atoms with van der Waals surface area (Å²) >= 11 is 1.79. The summed E-state index contributed by atoms with van der Waals surface area (Å²) in [4.78, 5) is 14.1. The summed E-state index contributed by atoms with van der Waals surface area (Å²) < 4.78 is 1.86. The average molecular weight is 288 g/mol. The zero-order valence-corrected chi connectivity index (χ0v) is 12.9. The van der Waals surface area contributed by atoms with E-state index >= 15 is 0 Å². The third-order valence-corrected chi connectivity index (χ3v) is 5.18. The van der Waals surface area contributed by atoms with Gasteiger partial charge in [-0.2, -0.15) is 5.10 Å². The van der Waals surface area contributed by atoms with Crippen molar-refractivity contribution in [1.82, 2.24) is 9.78 Å². The molecule has 1 atom stereocenters. The van der Waals surface area contributed by atoms with E-state index in [-0.39, 0.29) is 5.92 Å². The second-order valence-corrected chi connectivity index (χ2v) is 6.49. The van der Waals surface area contributed by atoms with E-state index < -0.39 is 0 Å². The first-order valence-electron chi connectivity index (χ1n) is 7.29. The molecule has 3 nitrogen and oxygen atoms in total. The van der Waals surface area contributed by atoms with E-state index in [0.29, 0.717) is 12.2 Å². The van der Waals surface area contributed by atoms with E-state index in [1.807, 2.05) is 11.7 Å². The second-order valence-electron chi connectivity index (χ2n) is 5.49. The molecule has 1 unspecified atom stereocenters. The number of aromatic nitrogens is 2. The first-order chi connectivity index (χ1) is 9.69. The Morgan fingerprint density at radius 3 is 3.15 bits per heavy atom. The zero-order chi connectivity index (χ0) is 14.1. The monoisotopic (exact) mass is 288 g/mol. The molecule has 0 aliphatic heterocycles. The van der Waals surface area contributed by atoms with Crippen LogP contribution < -0.4 is 0 Å². The van der Waals surface area contributed by atoms with Crippen LogP contribution in [-0.2, 0) is 31.1 Å². The van der Waals surface area contributed by atoms with Gasteiger partial charge in [-0.1, -0.05) is 6.92 Å². The van der Waals surface area contributed by atoms with Gasteiger partial charge in [0, 0.05) is 30.0 Å². The number of ketones is 1. The maximum atomic E-state index is 12.6. The van der Waals surface area contributed by atoms with E-state index in [4.69, 9.17) is 0 Å². The summed E-state index contributed by atoms with van der Waals surface area (Å²) in [5.41, 5.74) is 3.38. The Labute approximate surface area is 123 Å². The lowest BCUT2D eigenvalue weighted by molar-refractivity contribution is -0.120. The van der Waals surface area contributed by atoms with Gasteiger partial charge < -0.3 is 0 Å². The molecule has 1 aliphatic rings. The minimum atomic E-state index is 0.102. The second kappa shape index (κ2) is 5.52. The Morgan fingerprint density at radius 1 is 1.55 bits per heavy atom. The predicted molar refractivity (Wildman–Crippen MR) is 81.3 cm³/mol. The third kappa shape index (κ3) is 2.44. The highest BCUT2D eigenvalue weighted by atomic mass is 32.1. The summed E-state index contributed by atoms with van der Waals surface area (Å²) in [6, 6.07) is 4.21. The van der Waals surface area contributed by atoms with Gasteiger partial charge >= 0.3 is 0 Å². The van der Waals surface area contributed by atoms with Crippen molar-refractivity contribution >= 4 is 17.1 Å². The first kappa shape index (κ1) is 13.6. The molecule has 4 heteroatoms. The molecule has 0 amide bonds. The summed E-state index contributed by atoms with van der Waals surface area (Å²) in [7, 11) is 1.93. The highest BCUT2D eigenvalue weighted by Gasteiger charge is 2.27. The van der Waals surface area contributed by atoms with Gasteiger partial charge in [0.1, 0.15) is 5.78 Å². The van der Waals surface area contributed by atoms with Crippen LogP contribution in [0.15, 0.2) is 17.5 Å². The number of fused-ring (bicyclic) bond motifs is 1. The summed E-state index contributed by atoms with van der Waals surface area (Å²) in [6.45, 7) is 2.09. The fraction of sp³-hybridized carbons (Fsp3) is 0.500. The van der Waals surface area contributed by atoms with Crippen molar-refractivity contribution in [1.29, 1.82) is 0 Å². The lowest BCUT2D eigenvalue weighted by Crippen LogP contribution is -2.20. The SMILES string of the molecule is CCc1cc(CC(=O)C2CCCc3sccc32)n(C)n1. The lowest BCUT2D eigenvalue weighted by Gasteiger charge is -2.21. The third-order valence-electron chi connectivity index (χ3n) is 4.19. The lowest BCUT2D eigenvalue weighted by atomic mass is 9.83. The number of thiophene rings is 1. The van der Waals surface area contributed by atoms with Crippen LogP contribution in [0.2, 0.25) is 0 Å². The van der Waals surface area contributed by atoms with Gasteiger partial charge in [0.05, 0.1) is 5.69 Å². The molecular formula is C16H20N2OS. The van der Waals surface area contributed by atoms with Crippen LogP contribution in [-0.4, -0.2) is 15.6 Å². The molecule has 2 aromatic rings. The van der Waals surface area contributed by atoms with Crippen LogP contribution in [0.25, 0.3) is 0 Å². The highest BCUT2D eigenvalue weighted by molar-refractivity contribution is 7.10. The number of nitrogens with zero attached hydrogens (tertiary/aromatic N) is 2. The minimum Gasteiger partial charge on any atom is -0.299 e. The molecule has 0 aromatic carbocycles. The molecule has 1 aliphatic carbocycles. The zero-order valence-electron chi connectivity index (χ0n) is 12.1. The molecule has 106 valence electrons. The molecule has 0 N–H and O–H groups in total. The Morgan fingerprint density at radius 2 is 2.40 bits per heavy atom. The Hall–Kier alpha value is -1.42. The van der Waals surface area contributed by atoms with Crippen LogP contribution in [0.1, 0.15) is 47.5 Å². The number of hydrogen-bond donors (Lipinski definition) is 0. The number of rotatable bonds is 4. The Bertz CT molecular complexity index is 626. The molecule has 0 saturated heterocycles. The van der Waals surface area contributed by atoms with E-state index in [1.165, 1.54) is 10.4 Å². The molecule has 0 bridgehead atoms. The molecule has 0 spiro atoms. The number of aryl methyl sites for hydroxylation is 3. The van der Waals surface area contributed by atoms with Crippen molar-refractivity contribution < 1.29 is 4.79 Å². The normalized spacial score (nSPS) is 18.0. The van der Waals surface area contributed by atoms with E-state index in [0.717, 1.165) is 37.1 Å². The van der Waals surface area contributed by atoms with Crippen molar-refractivity contribution in [3.63, 3.8) is 0 Å². The quantitative estimate of drug-likeness (QED) is 0.865. The predicted octanol–water partition coefficient (Wildman–Crippen LogP) is 3.28. The van der Waals surface area contributed by atoms with Gasteiger partial charge in [-0.05, 0) is 48.8 Å². The van der Waals surface area contributed by atoms with Crippen molar-refractivity contribution in [2.75, 3.05) is 0 Å². The fourth-order valence-corrected chi connectivity index (χ4v) is 4.02. The molecular weight excluding hydrogens is 268 g/mol. The van der Waals surface area contributed by atoms with Crippen molar-refractivity contribution in [2.24, 2.45) is 7.05 Å². The maximum absolute atomic E-state index is 12.6. The van der Waals surface area contributed by atoms with Gasteiger partial charge in [-0.25, -0.2) is 0 Å². The van der Waals surface area contributed by atoms with Crippen LogP contribution in [0.3, 0.4) is 0 Å². The van der Waals surface area contributed by atoms with Gasteiger partial charge in [0.15, 0.2) is 0 Å². The number of hydrogen-bond acceptors (Lipinski definition) is 3. The minimum absolute atomic E-state index is 0.102. The van der Waals surface area contributed by atoms with Crippen molar-refractivity contribution in [3.05, 3.63) is 39.3 Å². The van der Waals surface area contributed by atoms with E-state index in [1.54, 1.807) is 11.3 Å². The molecule has 3 rings (SSSR count). The average Bonchev–Trinajstić information content (AvgIpc) is 3.05. The first-order valence-corrected chi connectivity index (χ1v) is 8.17. The Balaban J connectivity index is 1.79. The molecule has 0 saturated carbocycles. The van der Waals surface area contributed by atoms with Gasteiger partial charge in [0.25, 0.3) is 0 Å². The standard InChI is InChI=1S/C16H20N2OS/c1-3-11-9-12(18(2)17-11)10-15(19)13-5-4-6-16-14(13)7-8-20-16/h7-9,13H,3-6,10H2,1-2H3. The molecule has 2 aromatic heterocycles. The summed E-state index contributed by atoms with van der Waals surface area (Å²) in [5, 5.41) is 6.55. The van der Waals surface area contributed by atoms with Crippen LogP contribution >= 0.6 is 11.3 Å². The van der Waals surface area contributed by atoms with Gasteiger partial charge in [-0.15, -0.1) is 11.3 Å². The summed E-state index contributed by atoms with van der Waals surface area (Å²) in [5.74, 6) is 0.444. The van der Waals surface area contributed by atoms with Crippen LogP contribution in [0, 0.1) is 0 Å². The molecule has 0 fully saturated rings. The van der Waals surface area contributed by atoms with Crippen LogP contribution in [0.5, 0.6) is 0 Å². The summed E-state index contributed by atoms with van der Waals surface area (Å²) in [6.07, 6.45) is 4.70. The topological polar surface area (TPSA) is 34.9 Å².